The molecule has 4 aromatic rings. The summed E-state index contributed by atoms with van der Waals surface area (Å²) in [6.07, 6.45) is 9.69. The molecule has 12 heteroatoms. The Kier molecular flexibility index (Phi) is 7.44. The maximum atomic E-state index is 13.2. The highest BCUT2D eigenvalue weighted by molar-refractivity contribution is 6.09. The number of anilines is 1. The molecule has 3 aromatic heterocycles. The van der Waals surface area contributed by atoms with Crippen LogP contribution in [-0.4, -0.2) is 61.9 Å². The van der Waals surface area contributed by atoms with Crippen LogP contribution in [0.4, 0.5) is 5.69 Å². The van der Waals surface area contributed by atoms with Gasteiger partial charge in [-0.1, -0.05) is 0 Å². The predicted molar refractivity (Wildman–Crippen MR) is 142 cm³/mol. The molecule has 204 valence electrons. The molecule has 0 saturated heterocycles. The Morgan fingerprint density at radius 1 is 1.18 bits per heavy atom. The van der Waals surface area contributed by atoms with E-state index < -0.39 is 12.1 Å². The average molecular weight is 534 g/mol. The maximum absolute atomic E-state index is 13.2. The zero-order chi connectivity index (χ0) is 27.5. The summed E-state index contributed by atoms with van der Waals surface area (Å²) in [6, 6.07) is 5.58. The van der Waals surface area contributed by atoms with Gasteiger partial charge in [0.05, 0.1) is 41.6 Å². The number of benzene rings is 1. The summed E-state index contributed by atoms with van der Waals surface area (Å²) in [5, 5.41) is 15.6. The molecule has 1 fully saturated rings. The van der Waals surface area contributed by atoms with Gasteiger partial charge < -0.3 is 20.1 Å². The van der Waals surface area contributed by atoms with Crippen molar-refractivity contribution in [2.45, 2.75) is 51.7 Å². The van der Waals surface area contributed by atoms with Gasteiger partial charge in [-0.3, -0.25) is 19.1 Å². The molecule has 2 amide bonds. The second-order valence-electron chi connectivity index (χ2n) is 9.81. The van der Waals surface area contributed by atoms with Crippen LogP contribution >= 0.6 is 0 Å². The molecule has 3 heterocycles. The zero-order valence-electron chi connectivity index (χ0n) is 22.1. The van der Waals surface area contributed by atoms with Crippen LogP contribution in [0.15, 0.2) is 43.1 Å². The summed E-state index contributed by atoms with van der Waals surface area (Å²) in [5.41, 5.74) is 2.47. The smallest absolute Gasteiger partial charge is 0.303 e. The molecule has 0 spiro atoms. The van der Waals surface area contributed by atoms with E-state index in [1.165, 1.54) is 14.0 Å². The van der Waals surface area contributed by atoms with Gasteiger partial charge in [0.2, 0.25) is 0 Å². The average Bonchev–Trinajstić information content (AvgIpc) is 3.54. The third-order valence-corrected chi connectivity index (χ3v) is 7.13. The van der Waals surface area contributed by atoms with Gasteiger partial charge >= 0.3 is 5.97 Å². The topological polar surface area (TPSA) is 142 Å². The first-order valence-electron chi connectivity index (χ1n) is 12.9. The fraction of sp³-hybridized carbons (Fsp3) is 0.407. The van der Waals surface area contributed by atoms with Crippen molar-refractivity contribution < 1.29 is 23.9 Å². The Labute approximate surface area is 224 Å². The summed E-state index contributed by atoms with van der Waals surface area (Å²) in [7, 11) is 1.53. The van der Waals surface area contributed by atoms with Crippen molar-refractivity contribution in [1.29, 1.82) is 0 Å². The first-order chi connectivity index (χ1) is 18.8. The van der Waals surface area contributed by atoms with Crippen LogP contribution in [0, 0.1) is 5.92 Å². The van der Waals surface area contributed by atoms with Crippen molar-refractivity contribution in [2.75, 3.05) is 19.0 Å². The quantitative estimate of drug-likeness (QED) is 0.329. The number of rotatable bonds is 8. The van der Waals surface area contributed by atoms with Gasteiger partial charge in [0.25, 0.3) is 11.8 Å². The third kappa shape index (κ3) is 5.69. The fourth-order valence-corrected chi connectivity index (χ4v) is 5.04. The largest absolute Gasteiger partial charge is 0.496 e. The number of fused-ring (bicyclic) bond motifs is 2. The minimum atomic E-state index is -0.795. The van der Waals surface area contributed by atoms with E-state index >= 15 is 0 Å². The Bertz CT molecular complexity index is 1520. The number of esters is 1. The molecule has 0 bridgehead atoms. The van der Waals surface area contributed by atoms with Crippen molar-refractivity contribution in [3.8, 4) is 5.75 Å². The number of nitrogens with zero attached hydrogens (tertiary/aromatic N) is 5. The molecule has 2 N–H and O–H groups in total. The second kappa shape index (κ2) is 11.1. The molecule has 1 aliphatic carbocycles. The van der Waals surface area contributed by atoms with Gasteiger partial charge in [0, 0.05) is 37.3 Å². The number of carbonyl (C=O) groups excluding carboxylic acids is 3. The highest BCUT2D eigenvalue weighted by atomic mass is 16.5. The molecule has 1 atom stereocenters. The molecule has 1 aromatic carbocycles. The highest BCUT2D eigenvalue weighted by Gasteiger charge is 2.25. The minimum absolute atomic E-state index is 0.222. The third-order valence-electron chi connectivity index (χ3n) is 7.13. The van der Waals surface area contributed by atoms with Crippen LogP contribution in [0.2, 0.25) is 0 Å². The first-order valence-corrected chi connectivity index (χ1v) is 12.9. The fourth-order valence-electron chi connectivity index (χ4n) is 5.04. The number of hydrogen-bond donors (Lipinski definition) is 2. The van der Waals surface area contributed by atoms with Crippen LogP contribution in [0.5, 0.6) is 5.75 Å². The van der Waals surface area contributed by atoms with Crippen molar-refractivity contribution in [3.63, 3.8) is 0 Å². The number of amides is 2. The molecule has 1 aliphatic rings. The number of methoxy groups -OCH3 is 1. The van der Waals surface area contributed by atoms with Gasteiger partial charge in [-0.15, -0.1) is 0 Å². The van der Waals surface area contributed by atoms with E-state index in [4.69, 9.17) is 14.6 Å². The van der Waals surface area contributed by atoms with Crippen LogP contribution in [-0.2, 0) is 14.3 Å². The molecule has 39 heavy (non-hydrogen) atoms. The number of aromatic nitrogens is 5. The highest BCUT2D eigenvalue weighted by Crippen LogP contribution is 2.34. The SMILES string of the molecule is COc1cc2nn(C3CCC(CNC(=O)[C@H](C)OC(C)=O)CC3)cc2cc1C(=O)Nc1cnn2cnccc12. The Morgan fingerprint density at radius 2 is 1.97 bits per heavy atom. The zero-order valence-corrected chi connectivity index (χ0v) is 22.1. The van der Waals surface area contributed by atoms with Gasteiger partial charge in [-0.25, -0.2) is 9.50 Å². The first kappa shape index (κ1) is 26.1. The van der Waals surface area contributed by atoms with Crippen LogP contribution in [0.1, 0.15) is 55.9 Å². The number of nitrogens with one attached hydrogen (secondary N) is 2. The Morgan fingerprint density at radius 3 is 2.72 bits per heavy atom. The molecule has 5 rings (SSSR count). The molecule has 1 saturated carbocycles. The monoisotopic (exact) mass is 533 g/mol. The molecular formula is C27H31N7O5. The van der Waals surface area contributed by atoms with E-state index in [-0.39, 0.29) is 17.9 Å². The second-order valence-corrected chi connectivity index (χ2v) is 9.81. The number of carbonyl (C=O) groups is 3. The lowest BCUT2D eigenvalue weighted by molar-refractivity contribution is -0.152. The summed E-state index contributed by atoms with van der Waals surface area (Å²) < 4.78 is 14.0. The number of ether oxygens (including phenoxy) is 2. The van der Waals surface area contributed by atoms with E-state index in [2.05, 4.69) is 20.7 Å². The molecule has 0 unspecified atom stereocenters. The number of hydrogen-bond acceptors (Lipinski definition) is 8. The van der Waals surface area contributed by atoms with E-state index in [1.807, 2.05) is 10.9 Å². The molecule has 0 aliphatic heterocycles. The van der Waals surface area contributed by atoms with Gasteiger partial charge in [-0.05, 0) is 50.7 Å². The lowest BCUT2D eigenvalue weighted by Gasteiger charge is -2.29. The van der Waals surface area contributed by atoms with Crippen molar-refractivity contribution in [1.82, 2.24) is 29.7 Å². The maximum Gasteiger partial charge on any atom is 0.303 e. The van der Waals surface area contributed by atoms with Gasteiger partial charge in [0.1, 0.15) is 12.1 Å². The van der Waals surface area contributed by atoms with E-state index in [1.54, 1.807) is 48.4 Å². The van der Waals surface area contributed by atoms with Crippen LogP contribution in [0.25, 0.3) is 16.4 Å². The van der Waals surface area contributed by atoms with Crippen LogP contribution < -0.4 is 15.4 Å². The molecule has 12 nitrogen and oxygen atoms in total. The summed E-state index contributed by atoms with van der Waals surface area (Å²) in [6.45, 7) is 3.41. The predicted octanol–water partition coefficient (Wildman–Crippen LogP) is 3.14. The Hall–Kier alpha value is -4.48. The Balaban J connectivity index is 1.24. The summed E-state index contributed by atoms with van der Waals surface area (Å²) in [5.74, 6) is -0.270. The van der Waals surface area contributed by atoms with Crippen molar-refractivity contribution in [2.24, 2.45) is 5.92 Å². The van der Waals surface area contributed by atoms with E-state index in [0.29, 0.717) is 29.5 Å². The lowest BCUT2D eigenvalue weighted by Crippen LogP contribution is -2.38. The van der Waals surface area contributed by atoms with Crippen molar-refractivity contribution in [3.05, 3.63) is 48.7 Å². The minimum Gasteiger partial charge on any atom is -0.496 e. The standard InChI is InChI=1S/C27H31N7O5/c1-16(39-17(2)35)26(36)29-12-18-4-6-20(7-5-18)33-14-19-10-21(25(38-3)11-22(19)32-33)27(37)31-23-13-30-34-15-28-9-8-24(23)34/h8-11,13-16,18,20H,4-7,12H2,1-3H3,(H,29,36)(H,31,37)/t16-,18?,20?/m0/s1. The van der Waals surface area contributed by atoms with E-state index in [0.717, 1.165) is 42.1 Å². The molecule has 0 radical (unpaired) electrons. The normalized spacial score (nSPS) is 18.0. The van der Waals surface area contributed by atoms with Gasteiger partial charge in [0.15, 0.2) is 6.10 Å². The lowest BCUT2D eigenvalue weighted by atomic mass is 9.86. The summed E-state index contributed by atoms with van der Waals surface area (Å²) in [4.78, 5) is 40.4. The van der Waals surface area contributed by atoms with Gasteiger partial charge in [-0.2, -0.15) is 10.2 Å². The summed E-state index contributed by atoms with van der Waals surface area (Å²) >= 11 is 0. The van der Waals surface area contributed by atoms with E-state index in [9.17, 15) is 14.4 Å². The van der Waals surface area contributed by atoms with Crippen molar-refractivity contribution >= 4 is 39.9 Å². The van der Waals surface area contributed by atoms with Crippen LogP contribution in [0.3, 0.4) is 0 Å². The molecular weight excluding hydrogens is 502 g/mol.